The van der Waals surface area contributed by atoms with E-state index in [9.17, 15) is 9.59 Å². The van der Waals surface area contributed by atoms with Gasteiger partial charge in [0.05, 0.1) is 17.9 Å². The Labute approximate surface area is 194 Å². The molecule has 0 saturated carbocycles. The van der Waals surface area contributed by atoms with E-state index in [-0.39, 0.29) is 24.0 Å². The molecule has 1 N–H and O–H groups in total. The molecule has 174 valence electrons. The Morgan fingerprint density at radius 1 is 1.06 bits per heavy atom. The molecule has 4 rings (SSSR count). The topological polar surface area (TPSA) is 80.2 Å². The summed E-state index contributed by atoms with van der Waals surface area (Å²) in [6.45, 7) is 9.56. The van der Waals surface area contributed by atoms with Gasteiger partial charge in [-0.05, 0) is 57.0 Å². The number of nitrogens with zero attached hydrogens (tertiary/aromatic N) is 2. The Bertz CT molecular complexity index is 1050. The average molecular weight is 450 g/mol. The Morgan fingerprint density at radius 3 is 2.45 bits per heavy atom. The van der Waals surface area contributed by atoms with E-state index in [0.29, 0.717) is 31.6 Å². The number of rotatable bonds is 5. The number of benzene rings is 2. The van der Waals surface area contributed by atoms with Gasteiger partial charge in [0.15, 0.2) is 0 Å². The third-order valence-corrected chi connectivity index (χ3v) is 6.04. The van der Waals surface area contributed by atoms with Crippen molar-refractivity contribution < 1.29 is 19.2 Å². The molecule has 33 heavy (non-hydrogen) atoms. The first-order valence-electron chi connectivity index (χ1n) is 11.4. The lowest BCUT2D eigenvalue weighted by Crippen LogP contribution is -2.48. The molecule has 0 aliphatic carbocycles. The SMILES string of the molecule is Cc1ccc(C)c(C2=NOC(C(=O)NCc3ccc(C(=O)N4CC(C)OC(C)C4)cc3)C2)c1. The minimum Gasteiger partial charge on any atom is -0.382 e. The van der Waals surface area contributed by atoms with Crippen molar-refractivity contribution in [2.45, 2.75) is 59.0 Å². The smallest absolute Gasteiger partial charge is 0.264 e. The molecular formula is C26H31N3O4. The molecule has 1 saturated heterocycles. The van der Waals surface area contributed by atoms with Gasteiger partial charge < -0.3 is 19.8 Å². The van der Waals surface area contributed by atoms with Crippen molar-refractivity contribution >= 4 is 17.5 Å². The Morgan fingerprint density at radius 2 is 1.76 bits per heavy atom. The van der Waals surface area contributed by atoms with Crippen molar-refractivity contribution in [2.75, 3.05) is 13.1 Å². The summed E-state index contributed by atoms with van der Waals surface area (Å²) in [5.74, 6) is -0.196. The number of nitrogens with one attached hydrogen (secondary N) is 1. The molecule has 2 heterocycles. The molecule has 3 unspecified atom stereocenters. The Balaban J connectivity index is 1.29. The maximum absolute atomic E-state index is 12.8. The molecule has 2 aliphatic rings. The van der Waals surface area contributed by atoms with Gasteiger partial charge in [-0.25, -0.2) is 0 Å². The van der Waals surface area contributed by atoms with Gasteiger partial charge in [0.1, 0.15) is 0 Å². The van der Waals surface area contributed by atoms with Gasteiger partial charge in [-0.15, -0.1) is 0 Å². The molecule has 3 atom stereocenters. The van der Waals surface area contributed by atoms with E-state index in [1.807, 2.05) is 56.9 Å². The van der Waals surface area contributed by atoms with Gasteiger partial charge in [0, 0.05) is 37.2 Å². The number of hydrogen-bond acceptors (Lipinski definition) is 5. The van der Waals surface area contributed by atoms with Gasteiger partial charge in [0.25, 0.3) is 11.8 Å². The quantitative estimate of drug-likeness (QED) is 0.759. The number of ether oxygens (including phenoxy) is 1. The highest BCUT2D eigenvalue weighted by Gasteiger charge is 2.29. The molecule has 0 radical (unpaired) electrons. The van der Waals surface area contributed by atoms with E-state index < -0.39 is 6.10 Å². The molecule has 0 bridgehead atoms. The van der Waals surface area contributed by atoms with E-state index in [4.69, 9.17) is 9.57 Å². The first-order chi connectivity index (χ1) is 15.8. The minimum atomic E-state index is -0.633. The largest absolute Gasteiger partial charge is 0.382 e. The number of carbonyl (C=O) groups excluding carboxylic acids is 2. The van der Waals surface area contributed by atoms with Crippen molar-refractivity contribution in [1.29, 1.82) is 0 Å². The van der Waals surface area contributed by atoms with Crippen LogP contribution in [0.5, 0.6) is 0 Å². The van der Waals surface area contributed by atoms with Crippen LogP contribution < -0.4 is 5.32 Å². The van der Waals surface area contributed by atoms with E-state index >= 15 is 0 Å². The highest BCUT2D eigenvalue weighted by atomic mass is 16.6. The van der Waals surface area contributed by atoms with Crippen LogP contribution in [0.4, 0.5) is 0 Å². The second-order valence-electron chi connectivity index (χ2n) is 9.04. The molecule has 7 nitrogen and oxygen atoms in total. The molecule has 1 fully saturated rings. The zero-order valence-corrected chi connectivity index (χ0v) is 19.6. The normalized spacial score (nSPS) is 22.5. The second-order valence-corrected chi connectivity index (χ2v) is 9.04. The summed E-state index contributed by atoms with van der Waals surface area (Å²) in [4.78, 5) is 32.7. The van der Waals surface area contributed by atoms with Crippen molar-refractivity contribution in [3.8, 4) is 0 Å². The zero-order chi connectivity index (χ0) is 23.5. The van der Waals surface area contributed by atoms with Gasteiger partial charge >= 0.3 is 0 Å². The van der Waals surface area contributed by atoms with Crippen LogP contribution in [-0.4, -0.2) is 53.8 Å². The lowest BCUT2D eigenvalue weighted by atomic mass is 9.98. The zero-order valence-electron chi connectivity index (χ0n) is 19.6. The summed E-state index contributed by atoms with van der Waals surface area (Å²) < 4.78 is 5.71. The average Bonchev–Trinajstić information content (AvgIpc) is 3.28. The molecular weight excluding hydrogens is 418 g/mol. The predicted octanol–water partition coefficient (Wildman–Crippen LogP) is 3.36. The van der Waals surface area contributed by atoms with Crippen LogP contribution in [0.1, 0.15) is 52.9 Å². The summed E-state index contributed by atoms with van der Waals surface area (Å²) in [6.07, 6.45) is -0.125. The van der Waals surface area contributed by atoms with Crippen LogP contribution in [0.25, 0.3) is 0 Å². The van der Waals surface area contributed by atoms with E-state index in [1.54, 1.807) is 0 Å². The number of hydrogen-bond donors (Lipinski definition) is 1. The minimum absolute atomic E-state index is 0.00283. The van der Waals surface area contributed by atoms with E-state index in [1.165, 1.54) is 0 Å². The predicted molar refractivity (Wildman–Crippen MR) is 126 cm³/mol. The maximum Gasteiger partial charge on any atom is 0.264 e. The fraction of sp³-hybridized carbons (Fsp3) is 0.423. The highest BCUT2D eigenvalue weighted by molar-refractivity contribution is 6.05. The van der Waals surface area contributed by atoms with Crippen LogP contribution in [0, 0.1) is 13.8 Å². The molecule has 2 aliphatic heterocycles. The van der Waals surface area contributed by atoms with Crippen molar-refractivity contribution in [3.63, 3.8) is 0 Å². The van der Waals surface area contributed by atoms with Crippen molar-refractivity contribution in [3.05, 3.63) is 70.3 Å². The summed E-state index contributed by atoms with van der Waals surface area (Å²) in [7, 11) is 0. The maximum atomic E-state index is 12.8. The van der Waals surface area contributed by atoms with Crippen LogP contribution in [0.3, 0.4) is 0 Å². The standard InChI is InChI=1S/C26H31N3O4/c1-16-5-6-17(2)22(11-16)23-12-24(33-28-23)25(30)27-13-20-7-9-21(10-8-20)26(31)29-14-18(3)32-19(4)15-29/h5-11,18-19,24H,12-15H2,1-4H3,(H,27,30). The van der Waals surface area contributed by atoms with Gasteiger partial charge in [-0.3, -0.25) is 9.59 Å². The first kappa shape index (κ1) is 23.0. The number of carbonyl (C=O) groups is 2. The fourth-order valence-electron chi connectivity index (χ4n) is 4.32. The van der Waals surface area contributed by atoms with Crippen LogP contribution in [0.15, 0.2) is 47.6 Å². The lowest BCUT2D eigenvalue weighted by Gasteiger charge is -2.35. The van der Waals surface area contributed by atoms with Crippen molar-refractivity contribution in [1.82, 2.24) is 10.2 Å². The first-order valence-corrected chi connectivity index (χ1v) is 11.4. The van der Waals surface area contributed by atoms with E-state index in [2.05, 4.69) is 28.7 Å². The summed E-state index contributed by atoms with van der Waals surface area (Å²) >= 11 is 0. The molecule has 2 aromatic carbocycles. The fourth-order valence-corrected chi connectivity index (χ4v) is 4.32. The lowest BCUT2D eigenvalue weighted by molar-refractivity contribution is -0.131. The van der Waals surface area contributed by atoms with Gasteiger partial charge in [0.2, 0.25) is 6.10 Å². The van der Waals surface area contributed by atoms with Gasteiger partial charge in [-0.1, -0.05) is 35.0 Å². The number of morpholine rings is 1. The molecule has 2 amide bonds. The van der Waals surface area contributed by atoms with Gasteiger partial charge in [-0.2, -0.15) is 0 Å². The van der Waals surface area contributed by atoms with Crippen LogP contribution >= 0.6 is 0 Å². The number of aryl methyl sites for hydroxylation is 2. The molecule has 2 aromatic rings. The third kappa shape index (κ3) is 5.42. The number of oxime groups is 1. The van der Waals surface area contributed by atoms with Crippen LogP contribution in [-0.2, 0) is 20.9 Å². The second kappa shape index (κ2) is 9.75. The summed E-state index contributed by atoms with van der Waals surface area (Å²) in [5, 5.41) is 7.07. The Hall–Kier alpha value is -3.19. The monoisotopic (exact) mass is 449 g/mol. The summed E-state index contributed by atoms with van der Waals surface area (Å²) in [6, 6.07) is 13.5. The summed E-state index contributed by atoms with van der Waals surface area (Å²) in [5.41, 5.74) is 5.63. The van der Waals surface area contributed by atoms with E-state index in [0.717, 1.165) is 28.0 Å². The molecule has 7 heteroatoms. The Kier molecular flexibility index (Phi) is 6.79. The molecule has 0 aromatic heterocycles. The number of amides is 2. The molecule has 0 spiro atoms. The highest BCUT2D eigenvalue weighted by Crippen LogP contribution is 2.21. The third-order valence-electron chi connectivity index (χ3n) is 6.04. The van der Waals surface area contributed by atoms with Crippen LogP contribution in [0.2, 0.25) is 0 Å². The van der Waals surface area contributed by atoms with Crippen molar-refractivity contribution in [2.24, 2.45) is 5.16 Å².